The van der Waals surface area contributed by atoms with E-state index in [1.54, 1.807) is 32.9 Å². The van der Waals surface area contributed by atoms with E-state index < -0.39 is 30.0 Å². The lowest BCUT2D eigenvalue weighted by Gasteiger charge is -2.23. The molecule has 0 aliphatic rings. The van der Waals surface area contributed by atoms with Gasteiger partial charge in [-0.2, -0.15) is 13.2 Å². The summed E-state index contributed by atoms with van der Waals surface area (Å²) in [5.74, 6) is -2.15. The minimum Gasteiger partial charge on any atom is -0.350 e. The summed E-state index contributed by atoms with van der Waals surface area (Å²) in [4.78, 5) is 29.0. The van der Waals surface area contributed by atoms with Gasteiger partial charge in [-0.1, -0.05) is 12.1 Å². The highest BCUT2D eigenvalue weighted by atomic mass is 19.4. The fourth-order valence-corrected chi connectivity index (χ4v) is 2.47. The molecule has 0 radical (unpaired) electrons. The van der Waals surface area contributed by atoms with Gasteiger partial charge in [0.25, 0.3) is 0 Å². The topological polar surface area (TPSA) is 67.2 Å². The summed E-state index contributed by atoms with van der Waals surface area (Å²) in [6.07, 6.45) is -4.69. The first-order valence-electron chi connectivity index (χ1n) is 7.96. The van der Waals surface area contributed by atoms with Crippen LogP contribution in [0.1, 0.15) is 26.6 Å². The Morgan fingerprint density at radius 1 is 1.19 bits per heavy atom. The van der Waals surface area contributed by atoms with E-state index in [0.29, 0.717) is 0 Å². The zero-order valence-corrected chi connectivity index (χ0v) is 15.0. The molecular formula is C17H21F3N4O2. The Balaban J connectivity index is 2.22. The maximum atomic E-state index is 13.3. The lowest BCUT2D eigenvalue weighted by Crippen LogP contribution is -2.46. The van der Waals surface area contributed by atoms with Crippen molar-refractivity contribution < 1.29 is 22.8 Å². The number of para-hydroxylation sites is 2. The number of amides is 2. The number of alkyl halides is 3. The lowest BCUT2D eigenvalue weighted by molar-refractivity contribution is -0.148. The van der Waals surface area contributed by atoms with Crippen molar-refractivity contribution in [3.8, 4) is 0 Å². The van der Waals surface area contributed by atoms with E-state index in [0.717, 1.165) is 9.47 Å². The number of aromatic nitrogens is 2. The van der Waals surface area contributed by atoms with Crippen molar-refractivity contribution in [3.05, 3.63) is 30.1 Å². The molecule has 6 nitrogen and oxygen atoms in total. The van der Waals surface area contributed by atoms with Crippen LogP contribution in [-0.2, 0) is 22.3 Å². The average Bonchev–Trinajstić information content (AvgIpc) is 2.84. The van der Waals surface area contributed by atoms with Crippen molar-refractivity contribution in [1.82, 2.24) is 19.8 Å². The molecule has 0 saturated carbocycles. The Bertz CT molecular complexity index is 822. The van der Waals surface area contributed by atoms with Gasteiger partial charge in [-0.05, 0) is 32.9 Å². The number of halogens is 3. The third kappa shape index (κ3) is 4.74. The van der Waals surface area contributed by atoms with E-state index in [1.165, 1.54) is 19.2 Å². The molecule has 2 rings (SSSR count). The van der Waals surface area contributed by atoms with Gasteiger partial charge in [0.1, 0.15) is 6.54 Å². The molecule has 2 amide bonds. The summed E-state index contributed by atoms with van der Waals surface area (Å²) < 4.78 is 40.6. The lowest BCUT2D eigenvalue weighted by atomic mass is 10.1. The van der Waals surface area contributed by atoms with Crippen molar-refractivity contribution in [2.24, 2.45) is 0 Å². The molecule has 1 aromatic heterocycles. The highest BCUT2D eigenvalue weighted by Gasteiger charge is 2.38. The minimum absolute atomic E-state index is 0.153. The third-order valence-corrected chi connectivity index (χ3v) is 3.52. The highest BCUT2D eigenvalue weighted by Crippen LogP contribution is 2.31. The molecule has 0 aliphatic carbocycles. The van der Waals surface area contributed by atoms with Gasteiger partial charge in [0.15, 0.2) is 0 Å². The molecule has 26 heavy (non-hydrogen) atoms. The van der Waals surface area contributed by atoms with Crippen molar-refractivity contribution in [1.29, 1.82) is 0 Å². The highest BCUT2D eigenvalue weighted by molar-refractivity contribution is 5.86. The molecule has 0 spiro atoms. The number of nitrogens with zero attached hydrogens (tertiary/aromatic N) is 3. The summed E-state index contributed by atoms with van der Waals surface area (Å²) in [7, 11) is 1.37. The molecule has 0 saturated heterocycles. The van der Waals surface area contributed by atoms with E-state index in [9.17, 15) is 22.8 Å². The quantitative estimate of drug-likeness (QED) is 0.899. The number of carbonyl (C=O) groups excluding carboxylic acids is 2. The predicted octanol–water partition coefficient (Wildman–Crippen LogP) is 2.43. The number of hydrogen-bond donors (Lipinski definition) is 1. The van der Waals surface area contributed by atoms with Gasteiger partial charge in [0.2, 0.25) is 17.6 Å². The number of rotatable bonds is 4. The fourth-order valence-electron chi connectivity index (χ4n) is 2.47. The van der Waals surface area contributed by atoms with Crippen LogP contribution < -0.4 is 5.32 Å². The maximum absolute atomic E-state index is 13.3. The number of nitrogens with one attached hydrogen (secondary N) is 1. The standard InChI is InChI=1S/C17H21F3N4O2/c1-16(2,3)22-13(25)9-23(4)14(26)10-24-12-8-6-5-7-11(12)21-15(24)17(18,19)20/h5-8H,9-10H2,1-4H3,(H,22,25). The summed E-state index contributed by atoms with van der Waals surface area (Å²) in [5.41, 5.74) is -0.105. The molecule has 0 aliphatic heterocycles. The monoisotopic (exact) mass is 370 g/mol. The van der Waals surface area contributed by atoms with E-state index >= 15 is 0 Å². The Kier molecular flexibility index (Phi) is 5.29. The molecule has 1 N–H and O–H groups in total. The van der Waals surface area contributed by atoms with Crippen molar-refractivity contribution >= 4 is 22.8 Å². The predicted molar refractivity (Wildman–Crippen MR) is 90.3 cm³/mol. The molecule has 0 unspecified atom stereocenters. The van der Waals surface area contributed by atoms with E-state index in [-0.39, 0.29) is 23.5 Å². The van der Waals surface area contributed by atoms with Crippen molar-refractivity contribution in [2.75, 3.05) is 13.6 Å². The molecular weight excluding hydrogens is 349 g/mol. The van der Waals surface area contributed by atoms with Crippen LogP contribution in [0.5, 0.6) is 0 Å². The Morgan fingerprint density at radius 3 is 2.38 bits per heavy atom. The van der Waals surface area contributed by atoms with Crippen LogP contribution in [0.25, 0.3) is 11.0 Å². The zero-order valence-electron chi connectivity index (χ0n) is 15.0. The molecule has 0 fully saturated rings. The summed E-state index contributed by atoms with van der Waals surface area (Å²) in [5, 5.41) is 2.70. The molecule has 9 heteroatoms. The number of hydrogen-bond acceptors (Lipinski definition) is 3. The van der Waals surface area contributed by atoms with E-state index in [2.05, 4.69) is 10.3 Å². The number of imidazole rings is 1. The SMILES string of the molecule is CN(CC(=O)NC(C)(C)C)C(=O)Cn1c(C(F)(F)F)nc2ccccc21. The maximum Gasteiger partial charge on any atom is 0.449 e. The second-order valence-electron chi connectivity index (χ2n) is 7.06. The summed E-state index contributed by atoms with van der Waals surface area (Å²) in [6.45, 7) is 4.57. The van der Waals surface area contributed by atoms with E-state index in [4.69, 9.17) is 0 Å². The molecule has 0 atom stereocenters. The minimum atomic E-state index is -4.69. The van der Waals surface area contributed by atoms with Gasteiger partial charge in [0, 0.05) is 12.6 Å². The van der Waals surface area contributed by atoms with Gasteiger partial charge in [0.05, 0.1) is 17.6 Å². The van der Waals surface area contributed by atoms with Crippen LogP contribution in [0.3, 0.4) is 0 Å². The van der Waals surface area contributed by atoms with Crippen LogP contribution >= 0.6 is 0 Å². The van der Waals surface area contributed by atoms with Crippen LogP contribution in [0.4, 0.5) is 13.2 Å². The van der Waals surface area contributed by atoms with Crippen LogP contribution in [0, 0.1) is 0 Å². The van der Waals surface area contributed by atoms with Gasteiger partial charge >= 0.3 is 6.18 Å². The Labute approximate surface area is 149 Å². The van der Waals surface area contributed by atoms with Crippen molar-refractivity contribution in [2.45, 2.75) is 39.0 Å². The van der Waals surface area contributed by atoms with Crippen LogP contribution in [0.15, 0.2) is 24.3 Å². The summed E-state index contributed by atoms with van der Waals surface area (Å²) in [6, 6.07) is 6.07. The Morgan fingerprint density at radius 2 is 1.81 bits per heavy atom. The fraction of sp³-hybridized carbons (Fsp3) is 0.471. The third-order valence-electron chi connectivity index (χ3n) is 3.52. The molecule has 1 heterocycles. The smallest absolute Gasteiger partial charge is 0.350 e. The van der Waals surface area contributed by atoms with Gasteiger partial charge < -0.3 is 14.8 Å². The first kappa shape index (κ1) is 19.7. The van der Waals surface area contributed by atoms with Gasteiger partial charge in [-0.3, -0.25) is 9.59 Å². The van der Waals surface area contributed by atoms with Gasteiger partial charge in [-0.25, -0.2) is 4.98 Å². The van der Waals surface area contributed by atoms with Crippen molar-refractivity contribution in [3.63, 3.8) is 0 Å². The molecule has 2 aromatic rings. The normalized spacial score (nSPS) is 12.3. The number of carbonyl (C=O) groups is 2. The first-order valence-corrected chi connectivity index (χ1v) is 7.96. The second-order valence-corrected chi connectivity index (χ2v) is 7.06. The summed E-state index contributed by atoms with van der Waals surface area (Å²) >= 11 is 0. The molecule has 0 bridgehead atoms. The number of fused-ring (bicyclic) bond motifs is 1. The number of benzene rings is 1. The second kappa shape index (κ2) is 6.97. The zero-order chi connectivity index (χ0) is 19.7. The van der Waals surface area contributed by atoms with Crippen LogP contribution in [-0.4, -0.2) is 45.4 Å². The average molecular weight is 370 g/mol. The van der Waals surface area contributed by atoms with Crippen LogP contribution in [0.2, 0.25) is 0 Å². The molecule has 1 aromatic carbocycles. The Hall–Kier alpha value is -2.58. The van der Waals surface area contributed by atoms with Gasteiger partial charge in [-0.15, -0.1) is 0 Å². The number of likely N-dealkylation sites (N-methyl/N-ethyl adjacent to an activating group) is 1. The molecule has 142 valence electrons. The first-order chi connectivity index (χ1) is 11.9. The van der Waals surface area contributed by atoms with E-state index in [1.807, 2.05) is 0 Å². The largest absolute Gasteiger partial charge is 0.449 e.